The van der Waals surface area contributed by atoms with Crippen LogP contribution in [0.15, 0.2) is 34.8 Å². The van der Waals surface area contributed by atoms with E-state index in [1.165, 1.54) is 32.7 Å². The van der Waals surface area contributed by atoms with Crippen LogP contribution in [-0.2, 0) is 29.4 Å². The number of thioether (sulfide) groups is 1. The smallest absolute Gasteiger partial charge is 0.341 e. The van der Waals surface area contributed by atoms with Crippen molar-refractivity contribution in [3.8, 4) is 11.4 Å². The van der Waals surface area contributed by atoms with E-state index >= 15 is 0 Å². The minimum absolute atomic E-state index is 0.168. The number of aromatic nitrogens is 3. The molecule has 1 aliphatic rings. The molecule has 0 saturated heterocycles. The van der Waals surface area contributed by atoms with Gasteiger partial charge in [-0.25, -0.2) is 4.79 Å². The summed E-state index contributed by atoms with van der Waals surface area (Å²) in [5.41, 5.74) is 2.63. The number of carbonyl (C=O) groups excluding carboxylic acids is 2. The van der Waals surface area contributed by atoms with Gasteiger partial charge in [0.05, 0.1) is 17.9 Å². The molecule has 0 radical (unpaired) electrons. The van der Waals surface area contributed by atoms with Crippen LogP contribution in [0.4, 0.5) is 5.00 Å². The van der Waals surface area contributed by atoms with E-state index in [0.717, 1.165) is 54.4 Å². The topological polar surface area (TPSA) is 86.1 Å². The maximum atomic E-state index is 12.9. The van der Waals surface area contributed by atoms with Gasteiger partial charge in [-0.3, -0.25) is 4.79 Å². The van der Waals surface area contributed by atoms with Crippen molar-refractivity contribution in [2.75, 3.05) is 17.7 Å². The van der Waals surface area contributed by atoms with Crippen LogP contribution in [0.2, 0.25) is 0 Å². The molecule has 0 aliphatic heterocycles. The molecule has 1 aliphatic carbocycles. The Hall–Kier alpha value is -2.69. The Labute approximate surface area is 215 Å². The third-order valence-electron chi connectivity index (χ3n) is 6.04. The standard InChI is InChI=1S/C25H26N4O3S3/c1-3-32-24(31)21-16-10-5-4-6-12-19(16)35-23(21)26-20(30)14-34-25-28-27-22(29(25)2)17-13-33-18-11-8-7-9-15(17)18/h7-9,11,13H,3-6,10,12,14H2,1-2H3,(H,26,30). The van der Waals surface area contributed by atoms with Crippen molar-refractivity contribution in [2.24, 2.45) is 7.05 Å². The molecule has 7 nitrogen and oxygen atoms in total. The van der Waals surface area contributed by atoms with Gasteiger partial charge in [-0.1, -0.05) is 36.4 Å². The number of thiophene rings is 2. The van der Waals surface area contributed by atoms with Crippen molar-refractivity contribution < 1.29 is 14.3 Å². The zero-order chi connectivity index (χ0) is 24.4. The molecule has 1 N–H and O–H groups in total. The molecule has 3 aromatic heterocycles. The summed E-state index contributed by atoms with van der Waals surface area (Å²) < 4.78 is 8.44. The number of rotatable bonds is 7. The van der Waals surface area contributed by atoms with Crippen molar-refractivity contribution >= 4 is 61.4 Å². The summed E-state index contributed by atoms with van der Waals surface area (Å²) in [6.45, 7) is 2.10. The highest BCUT2D eigenvalue weighted by atomic mass is 32.2. The van der Waals surface area contributed by atoms with Gasteiger partial charge in [0.1, 0.15) is 5.00 Å². The van der Waals surface area contributed by atoms with Crippen LogP contribution in [0.25, 0.3) is 21.5 Å². The summed E-state index contributed by atoms with van der Waals surface area (Å²) in [5.74, 6) is 0.413. The molecule has 0 fully saturated rings. The number of fused-ring (bicyclic) bond motifs is 2. The first-order valence-electron chi connectivity index (χ1n) is 11.7. The number of carbonyl (C=O) groups is 2. The number of benzene rings is 1. The Morgan fingerprint density at radius 1 is 1.17 bits per heavy atom. The van der Waals surface area contributed by atoms with Crippen molar-refractivity contribution in [2.45, 2.75) is 44.2 Å². The fourth-order valence-electron chi connectivity index (χ4n) is 4.37. The Balaban J connectivity index is 1.31. The van der Waals surface area contributed by atoms with Crippen molar-refractivity contribution in [3.63, 3.8) is 0 Å². The number of nitrogens with zero attached hydrogens (tertiary/aromatic N) is 3. The molecule has 182 valence electrons. The minimum atomic E-state index is -0.351. The number of anilines is 1. The molecule has 35 heavy (non-hydrogen) atoms. The summed E-state index contributed by atoms with van der Waals surface area (Å²) in [5, 5.41) is 16.2. The first-order valence-corrected chi connectivity index (χ1v) is 14.3. The van der Waals surface area contributed by atoms with Crippen LogP contribution in [-0.4, -0.2) is 39.0 Å². The zero-order valence-electron chi connectivity index (χ0n) is 19.6. The molecule has 4 aromatic rings. The van der Waals surface area contributed by atoms with Crippen LogP contribution < -0.4 is 5.32 Å². The van der Waals surface area contributed by atoms with Gasteiger partial charge in [-0.2, -0.15) is 0 Å². The van der Waals surface area contributed by atoms with Crippen molar-refractivity contribution in [1.29, 1.82) is 0 Å². The molecule has 0 bridgehead atoms. The Morgan fingerprint density at radius 2 is 2.00 bits per heavy atom. The van der Waals surface area contributed by atoms with E-state index in [1.807, 2.05) is 23.7 Å². The normalized spacial score (nSPS) is 13.4. The summed E-state index contributed by atoms with van der Waals surface area (Å²) in [7, 11) is 1.91. The average molecular weight is 527 g/mol. The van der Waals surface area contributed by atoms with E-state index < -0.39 is 0 Å². The SMILES string of the molecule is CCOC(=O)c1c(NC(=O)CSc2nnc(-c3csc4ccccc34)n2C)sc2c1CCCCC2. The van der Waals surface area contributed by atoms with Crippen LogP contribution >= 0.6 is 34.4 Å². The van der Waals surface area contributed by atoms with E-state index in [4.69, 9.17) is 4.74 Å². The van der Waals surface area contributed by atoms with Crippen LogP contribution in [0.5, 0.6) is 0 Å². The number of aryl methyl sites for hydroxylation is 1. The van der Waals surface area contributed by atoms with E-state index in [1.54, 1.807) is 18.3 Å². The quantitative estimate of drug-likeness (QED) is 0.182. The second kappa shape index (κ2) is 10.5. The Kier molecular flexibility index (Phi) is 7.22. The molecule has 3 heterocycles. The van der Waals surface area contributed by atoms with Gasteiger partial charge < -0.3 is 14.6 Å². The maximum absolute atomic E-state index is 12.9. The first-order chi connectivity index (χ1) is 17.1. The molecule has 1 amide bonds. The van der Waals surface area contributed by atoms with E-state index in [2.05, 4.69) is 33.0 Å². The van der Waals surface area contributed by atoms with Gasteiger partial charge in [0.25, 0.3) is 0 Å². The monoisotopic (exact) mass is 526 g/mol. The number of nitrogens with one attached hydrogen (secondary N) is 1. The van der Waals surface area contributed by atoms with Gasteiger partial charge in [0, 0.05) is 33.0 Å². The number of amides is 1. The van der Waals surface area contributed by atoms with Crippen molar-refractivity contribution in [1.82, 2.24) is 14.8 Å². The van der Waals surface area contributed by atoms with Gasteiger partial charge >= 0.3 is 5.97 Å². The predicted molar refractivity (Wildman–Crippen MR) is 143 cm³/mol. The fourth-order valence-corrected chi connectivity index (χ4v) is 7.31. The van der Waals surface area contributed by atoms with Gasteiger partial charge in [0.15, 0.2) is 11.0 Å². The van der Waals surface area contributed by atoms with Crippen molar-refractivity contribution in [3.05, 3.63) is 45.6 Å². The molecule has 0 saturated carbocycles. The molecule has 0 spiro atoms. The Morgan fingerprint density at radius 3 is 2.86 bits per heavy atom. The zero-order valence-corrected chi connectivity index (χ0v) is 22.1. The number of hydrogen-bond donors (Lipinski definition) is 1. The number of hydrogen-bond acceptors (Lipinski definition) is 8. The molecular formula is C25H26N4O3S3. The second-order valence-electron chi connectivity index (χ2n) is 8.34. The molecule has 5 rings (SSSR count). The highest BCUT2D eigenvalue weighted by Crippen LogP contribution is 2.38. The second-order valence-corrected chi connectivity index (χ2v) is 11.3. The molecule has 0 unspecified atom stereocenters. The molecular weight excluding hydrogens is 501 g/mol. The predicted octanol–water partition coefficient (Wildman–Crippen LogP) is 5.93. The largest absolute Gasteiger partial charge is 0.462 e. The highest BCUT2D eigenvalue weighted by molar-refractivity contribution is 7.99. The number of esters is 1. The van der Waals surface area contributed by atoms with Crippen LogP contribution in [0.1, 0.15) is 47.0 Å². The fraction of sp³-hybridized carbons (Fsp3) is 0.360. The lowest BCUT2D eigenvalue weighted by atomic mass is 10.1. The van der Waals surface area contributed by atoms with E-state index in [0.29, 0.717) is 22.3 Å². The average Bonchev–Trinajstić information content (AvgIpc) is 3.48. The van der Waals surface area contributed by atoms with E-state index in [-0.39, 0.29) is 17.6 Å². The number of ether oxygens (including phenoxy) is 1. The third kappa shape index (κ3) is 4.87. The minimum Gasteiger partial charge on any atom is -0.462 e. The lowest BCUT2D eigenvalue weighted by Gasteiger charge is -2.08. The molecule has 10 heteroatoms. The highest BCUT2D eigenvalue weighted by Gasteiger charge is 2.27. The van der Waals surface area contributed by atoms with E-state index in [9.17, 15) is 9.59 Å². The van der Waals surface area contributed by atoms with Gasteiger partial charge in [0.2, 0.25) is 5.91 Å². The van der Waals surface area contributed by atoms with Gasteiger partial charge in [-0.05, 0) is 44.2 Å². The van der Waals surface area contributed by atoms with Crippen LogP contribution in [0, 0.1) is 0 Å². The Bertz CT molecular complexity index is 1390. The maximum Gasteiger partial charge on any atom is 0.341 e. The summed E-state index contributed by atoms with van der Waals surface area (Å²) in [6.07, 6.45) is 5.10. The lowest BCUT2D eigenvalue weighted by molar-refractivity contribution is -0.113. The summed E-state index contributed by atoms with van der Waals surface area (Å²) in [4.78, 5) is 26.8. The third-order valence-corrected chi connectivity index (χ3v) is 9.23. The first kappa shape index (κ1) is 24.0. The summed E-state index contributed by atoms with van der Waals surface area (Å²) in [6, 6.07) is 8.22. The lowest BCUT2D eigenvalue weighted by Crippen LogP contribution is -2.17. The molecule has 0 atom stereocenters. The molecule has 1 aromatic carbocycles. The van der Waals surface area contributed by atoms with Crippen LogP contribution in [0.3, 0.4) is 0 Å². The summed E-state index contributed by atoms with van der Waals surface area (Å²) >= 11 is 4.52. The van der Waals surface area contributed by atoms with Gasteiger partial charge in [-0.15, -0.1) is 32.9 Å².